The lowest BCUT2D eigenvalue weighted by molar-refractivity contribution is -0.118. The lowest BCUT2D eigenvalue weighted by Crippen LogP contribution is -2.34. The summed E-state index contributed by atoms with van der Waals surface area (Å²) in [5, 5.41) is 4.99. The van der Waals surface area contributed by atoms with Crippen LogP contribution in [0.3, 0.4) is 0 Å². The van der Waals surface area contributed by atoms with Crippen LogP contribution in [-0.4, -0.2) is 12.0 Å². The fourth-order valence-corrected chi connectivity index (χ4v) is 1.82. The van der Waals surface area contributed by atoms with Crippen molar-refractivity contribution in [1.29, 1.82) is 0 Å². The molecule has 0 aliphatic carbocycles. The molecule has 2 N–H and O–H groups in total. The SMILES string of the molecule is C=C(NC(=O)OCc1ccccc1)C(=O)NCc1ccccc1. The first-order valence-electron chi connectivity index (χ1n) is 7.14. The molecule has 2 amide bonds. The van der Waals surface area contributed by atoms with Gasteiger partial charge in [0, 0.05) is 6.54 Å². The van der Waals surface area contributed by atoms with Crippen molar-refractivity contribution in [3.63, 3.8) is 0 Å². The summed E-state index contributed by atoms with van der Waals surface area (Å²) in [5.41, 5.74) is 1.76. The quantitative estimate of drug-likeness (QED) is 0.806. The van der Waals surface area contributed by atoms with E-state index in [2.05, 4.69) is 17.2 Å². The molecule has 5 nitrogen and oxygen atoms in total. The van der Waals surface area contributed by atoms with Crippen LogP contribution < -0.4 is 10.6 Å². The van der Waals surface area contributed by atoms with Crippen LogP contribution in [0.4, 0.5) is 4.79 Å². The third kappa shape index (κ3) is 5.67. The normalized spacial score (nSPS) is 9.74. The molecule has 0 atom stereocenters. The number of hydrogen-bond acceptors (Lipinski definition) is 3. The van der Waals surface area contributed by atoms with Crippen LogP contribution in [0, 0.1) is 0 Å². The molecule has 0 radical (unpaired) electrons. The van der Waals surface area contributed by atoms with Gasteiger partial charge in [0.05, 0.1) is 0 Å². The first-order chi connectivity index (χ1) is 11.1. The highest BCUT2D eigenvalue weighted by Gasteiger charge is 2.11. The van der Waals surface area contributed by atoms with E-state index in [0.29, 0.717) is 6.54 Å². The molecule has 2 aromatic carbocycles. The predicted octanol–water partition coefficient (Wildman–Crippen LogP) is 2.74. The topological polar surface area (TPSA) is 67.4 Å². The van der Waals surface area contributed by atoms with Gasteiger partial charge in [0.25, 0.3) is 5.91 Å². The summed E-state index contributed by atoms with van der Waals surface area (Å²) >= 11 is 0. The number of benzene rings is 2. The van der Waals surface area contributed by atoms with Gasteiger partial charge in [-0.05, 0) is 11.1 Å². The average Bonchev–Trinajstić information content (AvgIpc) is 2.59. The minimum Gasteiger partial charge on any atom is -0.444 e. The molecule has 5 heteroatoms. The molecule has 0 fully saturated rings. The van der Waals surface area contributed by atoms with Gasteiger partial charge in [-0.2, -0.15) is 0 Å². The van der Waals surface area contributed by atoms with Crippen molar-refractivity contribution in [1.82, 2.24) is 10.6 Å². The Labute approximate surface area is 135 Å². The maximum Gasteiger partial charge on any atom is 0.412 e. The molecular weight excluding hydrogens is 292 g/mol. The van der Waals surface area contributed by atoms with Gasteiger partial charge in [0.1, 0.15) is 12.3 Å². The zero-order valence-electron chi connectivity index (χ0n) is 12.6. The maximum absolute atomic E-state index is 11.8. The highest BCUT2D eigenvalue weighted by molar-refractivity contribution is 5.95. The monoisotopic (exact) mass is 310 g/mol. The van der Waals surface area contributed by atoms with Gasteiger partial charge >= 0.3 is 6.09 Å². The van der Waals surface area contributed by atoms with Crippen molar-refractivity contribution in [3.05, 3.63) is 84.1 Å². The molecule has 0 saturated carbocycles. The van der Waals surface area contributed by atoms with Crippen molar-refractivity contribution >= 4 is 12.0 Å². The summed E-state index contributed by atoms with van der Waals surface area (Å²) in [4.78, 5) is 23.5. The minimum absolute atomic E-state index is 0.0565. The van der Waals surface area contributed by atoms with E-state index >= 15 is 0 Å². The molecule has 0 aliphatic rings. The largest absolute Gasteiger partial charge is 0.444 e. The Bertz CT molecular complexity index is 669. The van der Waals surface area contributed by atoms with Crippen LogP contribution in [0.2, 0.25) is 0 Å². The summed E-state index contributed by atoms with van der Waals surface area (Å²) in [6.45, 7) is 4.03. The molecule has 0 unspecified atom stereocenters. The van der Waals surface area contributed by atoms with Crippen LogP contribution in [0.25, 0.3) is 0 Å². The zero-order valence-corrected chi connectivity index (χ0v) is 12.6. The second-order valence-electron chi connectivity index (χ2n) is 4.83. The van der Waals surface area contributed by atoms with Gasteiger partial charge in [-0.1, -0.05) is 67.2 Å². The summed E-state index contributed by atoms with van der Waals surface area (Å²) < 4.78 is 5.02. The molecule has 118 valence electrons. The standard InChI is InChI=1S/C18H18N2O3/c1-14(17(21)19-12-15-8-4-2-5-9-15)20-18(22)23-13-16-10-6-3-7-11-16/h2-11H,1,12-13H2,(H,19,21)(H,20,22). The van der Waals surface area contributed by atoms with Crippen LogP contribution in [0.1, 0.15) is 11.1 Å². The van der Waals surface area contributed by atoms with E-state index in [1.165, 1.54) is 0 Å². The molecule has 0 bridgehead atoms. The van der Waals surface area contributed by atoms with Crippen molar-refractivity contribution in [2.24, 2.45) is 0 Å². The van der Waals surface area contributed by atoms with E-state index < -0.39 is 12.0 Å². The second-order valence-corrected chi connectivity index (χ2v) is 4.83. The molecule has 2 rings (SSSR count). The van der Waals surface area contributed by atoms with Gasteiger partial charge < -0.3 is 10.1 Å². The molecule has 23 heavy (non-hydrogen) atoms. The van der Waals surface area contributed by atoms with Gasteiger partial charge in [-0.25, -0.2) is 4.79 Å². The van der Waals surface area contributed by atoms with Crippen molar-refractivity contribution in [3.8, 4) is 0 Å². The Morgan fingerprint density at radius 3 is 2.09 bits per heavy atom. The molecule has 0 aliphatic heterocycles. The Morgan fingerprint density at radius 2 is 1.48 bits per heavy atom. The Balaban J connectivity index is 1.72. The fourth-order valence-electron chi connectivity index (χ4n) is 1.82. The third-order valence-electron chi connectivity index (χ3n) is 3.04. The summed E-state index contributed by atoms with van der Waals surface area (Å²) in [7, 11) is 0. The molecule has 0 saturated heterocycles. The number of hydrogen-bond donors (Lipinski definition) is 2. The Morgan fingerprint density at radius 1 is 0.913 bits per heavy atom. The van der Waals surface area contributed by atoms with E-state index in [-0.39, 0.29) is 12.3 Å². The van der Waals surface area contributed by atoms with E-state index in [1.54, 1.807) is 0 Å². The molecule has 0 aromatic heterocycles. The first-order valence-corrected chi connectivity index (χ1v) is 7.14. The molecule has 0 heterocycles. The summed E-state index contributed by atoms with van der Waals surface area (Å²) in [6, 6.07) is 18.7. The lowest BCUT2D eigenvalue weighted by Gasteiger charge is -2.10. The zero-order chi connectivity index (χ0) is 16.5. The molecule has 2 aromatic rings. The van der Waals surface area contributed by atoms with Gasteiger partial charge in [-0.15, -0.1) is 0 Å². The lowest BCUT2D eigenvalue weighted by atomic mass is 10.2. The summed E-state index contributed by atoms with van der Waals surface area (Å²) in [6.07, 6.45) is -0.714. The fraction of sp³-hybridized carbons (Fsp3) is 0.111. The molecule has 0 spiro atoms. The number of carbonyl (C=O) groups excluding carboxylic acids is 2. The number of alkyl carbamates (subject to hydrolysis) is 1. The smallest absolute Gasteiger partial charge is 0.412 e. The highest BCUT2D eigenvalue weighted by atomic mass is 16.5. The number of nitrogens with one attached hydrogen (secondary N) is 2. The van der Waals surface area contributed by atoms with E-state index in [9.17, 15) is 9.59 Å². The Hall–Kier alpha value is -3.08. The minimum atomic E-state index is -0.714. The second kappa shape index (κ2) is 8.38. The van der Waals surface area contributed by atoms with Crippen LogP contribution in [0.15, 0.2) is 72.9 Å². The number of ether oxygens (including phenoxy) is 1. The highest BCUT2D eigenvalue weighted by Crippen LogP contribution is 2.01. The predicted molar refractivity (Wildman–Crippen MR) is 87.2 cm³/mol. The van der Waals surface area contributed by atoms with Crippen LogP contribution in [0.5, 0.6) is 0 Å². The third-order valence-corrected chi connectivity index (χ3v) is 3.04. The van der Waals surface area contributed by atoms with E-state index in [1.807, 2.05) is 60.7 Å². The average molecular weight is 310 g/mol. The van der Waals surface area contributed by atoms with Crippen molar-refractivity contribution in [2.75, 3.05) is 0 Å². The van der Waals surface area contributed by atoms with Crippen LogP contribution in [-0.2, 0) is 22.7 Å². The van der Waals surface area contributed by atoms with Crippen molar-refractivity contribution in [2.45, 2.75) is 13.2 Å². The van der Waals surface area contributed by atoms with E-state index in [4.69, 9.17) is 4.74 Å². The van der Waals surface area contributed by atoms with Crippen LogP contribution >= 0.6 is 0 Å². The first kappa shape index (κ1) is 16.3. The van der Waals surface area contributed by atoms with Gasteiger partial charge in [0.2, 0.25) is 0 Å². The van der Waals surface area contributed by atoms with Gasteiger partial charge in [-0.3, -0.25) is 10.1 Å². The summed E-state index contributed by atoms with van der Waals surface area (Å²) in [5.74, 6) is -0.453. The number of amides is 2. The van der Waals surface area contributed by atoms with Crippen molar-refractivity contribution < 1.29 is 14.3 Å². The Kier molecular flexibility index (Phi) is 5.94. The van der Waals surface area contributed by atoms with Gasteiger partial charge in [0.15, 0.2) is 0 Å². The molecular formula is C18H18N2O3. The maximum atomic E-state index is 11.8. The number of carbonyl (C=O) groups is 2. The number of rotatable bonds is 6. The van der Waals surface area contributed by atoms with E-state index in [0.717, 1.165) is 11.1 Å².